The van der Waals surface area contributed by atoms with Crippen LogP contribution in [0.5, 0.6) is 0 Å². The fraction of sp³-hybridized carbons (Fsp3) is 0.784. The SMILES string of the molecule is CC/C=C\C/C=C\C/C=C\C/C=C\C/C=C\CCCCCCCC(=O)NC(COC1OC(CO)C(OC2OC(CO)C(O)C(O)C2O)C(O)C1O)C(O)CCCCCCCCCCCC. The zero-order chi connectivity index (χ0) is 47.5. The smallest absolute Gasteiger partial charge is 0.220 e. The summed E-state index contributed by atoms with van der Waals surface area (Å²) in [6.45, 7) is 2.68. The molecule has 9 N–H and O–H groups in total. The maximum absolute atomic E-state index is 13.2. The van der Waals surface area contributed by atoms with Crippen LogP contribution in [0.4, 0.5) is 0 Å². The molecule has 376 valence electrons. The number of allylic oxidation sites excluding steroid dienone is 10. The predicted octanol–water partition coefficient (Wildman–Crippen LogP) is 6.27. The molecule has 0 aromatic heterocycles. The second-order valence-corrected chi connectivity index (χ2v) is 17.6. The quantitative estimate of drug-likeness (QED) is 0.0248. The van der Waals surface area contributed by atoms with Gasteiger partial charge in [-0.15, -0.1) is 0 Å². The van der Waals surface area contributed by atoms with Gasteiger partial charge < -0.3 is 65.1 Å². The van der Waals surface area contributed by atoms with Gasteiger partial charge in [0, 0.05) is 6.42 Å². The first-order chi connectivity index (χ1) is 31.6. The van der Waals surface area contributed by atoms with Gasteiger partial charge in [-0.05, 0) is 57.8 Å². The Morgan fingerprint density at radius 3 is 1.63 bits per heavy atom. The van der Waals surface area contributed by atoms with Gasteiger partial charge in [-0.1, -0.05) is 158 Å². The van der Waals surface area contributed by atoms with E-state index in [2.05, 4.69) is 79.9 Å². The summed E-state index contributed by atoms with van der Waals surface area (Å²) in [4.78, 5) is 13.2. The lowest BCUT2D eigenvalue weighted by molar-refractivity contribution is -0.359. The van der Waals surface area contributed by atoms with Crippen molar-refractivity contribution < 1.29 is 64.6 Å². The van der Waals surface area contributed by atoms with E-state index in [0.29, 0.717) is 12.8 Å². The number of carbonyl (C=O) groups is 1. The predicted molar refractivity (Wildman–Crippen MR) is 254 cm³/mol. The van der Waals surface area contributed by atoms with Crippen LogP contribution >= 0.6 is 0 Å². The van der Waals surface area contributed by atoms with Crippen molar-refractivity contribution in [3.8, 4) is 0 Å². The van der Waals surface area contributed by atoms with Gasteiger partial charge in [0.25, 0.3) is 0 Å². The first-order valence-electron chi connectivity index (χ1n) is 25.0. The Morgan fingerprint density at radius 2 is 1.06 bits per heavy atom. The Balaban J connectivity index is 1.81. The van der Waals surface area contributed by atoms with Gasteiger partial charge in [0.1, 0.15) is 48.8 Å². The van der Waals surface area contributed by atoms with E-state index in [1.54, 1.807) is 0 Å². The second kappa shape index (κ2) is 37.6. The van der Waals surface area contributed by atoms with E-state index in [1.165, 1.54) is 38.5 Å². The fourth-order valence-electron chi connectivity index (χ4n) is 7.91. The Labute approximate surface area is 390 Å². The number of hydrogen-bond acceptors (Lipinski definition) is 13. The van der Waals surface area contributed by atoms with Crippen LogP contribution in [-0.2, 0) is 23.7 Å². The third-order valence-corrected chi connectivity index (χ3v) is 12.0. The Hall–Kier alpha value is -2.31. The van der Waals surface area contributed by atoms with Crippen LogP contribution in [0, 0.1) is 0 Å². The van der Waals surface area contributed by atoms with Gasteiger partial charge in [0.2, 0.25) is 5.91 Å². The van der Waals surface area contributed by atoms with E-state index in [0.717, 1.165) is 89.9 Å². The highest BCUT2D eigenvalue weighted by molar-refractivity contribution is 5.76. The minimum Gasteiger partial charge on any atom is -0.394 e. The van der Waals surface area contributed by atoms with Crippen molar-refractivity contribution in [1.82, 2.24) is 5.32 Å². The van der Waals surface area contributed by atoms with Crippen molar-refractivity contribution in [1.29, 1.82) is 0 Å². The normalized spacial score (nSPS) is 27.5. The number of ether oxygens (including phenoxy) is 4. The maximum Gasteiger partial charge on any atom is 0.220 e. The molecular formula is C51H89NO13. The molecule has 2 saturated heterocycles. The van der Waals surface area contributed by atoms with Crippen molar-refractivity contribution in [2.75, 3.05) is 19.8 Å². The molecular weight excluding hydrogens is 835 g/mol. The number of hydrogen-bond donors (Lipinski definition) is 9. The summed E-state index contributed by atoms with van der Waals surface area (Å²) >= 11 is 0. The van der Waals surface area contributed by atoms with E-state index >= 15 is 0 Å². The molecule has 0 saturated carbocycles. The highest BCUT2D eigenvalue weighted by Crippen LogP contribution is 2.30. The van der Waals surface area contributed by atoms with Crippen molar-refractivity contribution in [3.63, 3.8) is 0 Å². The van der Waals surface area contributed by atoms with Gasteiger partial charge in [-0.2, -0.15) is 0 Å². The zero-order valence-electron chi connectivity index (χ0n) is 39.7. The highest BCUT2D eigenvalue weighted by Gasteiger charge is 2.51. The van der Waals surface area contributed by atoms with Gasteiger partial charge in [-0.3, -0.25) is 4.79 Å². The molecule has 0 bridgehead atoms. The van der Waals surface area contributed by atoms with Crippen LogP contribution in [0.1, 0.15) is 162 Å². The van der Waals surface area contributed by atoms with Crippen LogP contribution in [0.15, 0.2) is 60.8 Å². The van der Waals surface area contributed by atoms with Crippen LogP contribution in [0.25, 0.3) is 0 Å². The number of aliphatic hydroxyl groups excluding tert-OH is 8. The maximum atomic E-state index is 13.2. The molecule has 65 heavy (non-hydrogen) atoms. The third kappa shape index (κ3) is 25.0. The molecule has 0 aromatic rings. The monoisotopic (exact) mass is 924 g/mol. The molecule has 2 aliphatic rings. The van der Waals surface area contributed by atoms with Gasteiger partial charge in [-0.25, -0.2) is 0 Å². The standard InChI is InChI=1S/C51H89NO13/c1-3-5-7-9-11-13-15-16-17-18-19-20-21-22-23-24-25-27-29-31-33-35-43(56)52-39(40(55)34-32-30-28-26-14-12-10-8-6-4-2)38-62-50-48(61)46(59)49(42(37-54)64-50)65-51-47(60)45(58)44(57)41(36-53)63-51/h5,7,11,13,16-17,19-20,22-23,39-42,44-51,53-55,57-61H,3-4,6,8-10,12,14-15,18,21,24-38H2,1-2H3,(H,52,56)/b7-5-,13-11-,17-16-,20-19-,23-22-. The van der Waals surface area contributed by atoms with Crippen LogP contribution in [-0.4, -0.2) is 140 Å². The van der Waals surface area contributed by atoms with E-state index in [-0.39, 0.29) is 18.9 Å². The topological polar surface area (TPSA) is 228 Å². The molecule has 14 nitrogen and oxygen atoms in total. The van der Waals surface area contributed by atoms with Gasteiger partial charge in [0.05, 0.1) is 32.0 Å². The van der Waals surface area contributed by atoms with Crippen molar-refractivity contribution in [3.05, 3.63) is 60.8 Å². The van der Waals surface area contributed by atoms with Crippen molar-refractivity contribution in [2.24, 2.45) is 0 Å². The van der Waals surface area contributed by atoms with Crippen molar-refractivity contribution in [2.45, 2.75) is 235 Å². The lowest BCUT2D eigenvalue weighted by atomic mass is 9.97. The molecule has 1 amide bonds. The average molecular weight is 924 g/mol. The van der Waals surface area contributed by atoms with E-state index < -0.39 is 86.8 Å². The first-order valence-corrected chi connectivity index (χ1v) is 25.0. The fourth-order valence-corrected chi connectivity index (χ4v) is 7.91. The van der Waals surface area contributed by atoms with Crippen LogP contribution < -0.4 is 5.32 Å². The largest absolute Gasteiger partial charge is 0.394 e. The summed E-state index contributed by atoms with van der Waals surface area (Å²) in [6, 6.07) is -0.840. The summed E-state index contributed by atoms with van der Waals surface area (Å²) in [6.07, 6.45) is 28.0. The van der Waals surface area contributed by atoms with Gasteiger partial charge in [0.15, 0.2) is 12.6 Å². The lowest BCUT2D eigenvalue weighted by Crippen LogP contribution is -2.65. The molecule has 0 radical (unpaired) electrons. The first kappa shape index (κ1) is 58.8. The minimum atomic E-state index is -1.79. The number of unbranched alkanes of at least 4 members (excludes halogenated alkanes) is 14. The summed E-state index contributed by atoms with van der Waals surface area (Å²) in [5, 5.41) is 86.7. The molecule has 0 aliphatic carbocycles. The van der Waals surface area contributed by atoms with Crippen LogP contribution in [0.3, 0.4) is 0 Å². The molecule has 0 spiro atoms. The zero-order valence-corrected chi connectivity index (χ0v) is 39.7. The number of nitrogens with one attached hydrogen (secondary N) is 1. The Bertz CT molecular complexity index is 1320. The lowest BCUT2D eigenvalue weighted by Gasteiger charge is -2.46. The van der Waals surface area contributed by atoms with Crippen LogP contribution in [0.2, 0.25) is 0 Å². The number of aliphatic hydroxyl groups is 8. The average Bonchev–Trinajstić information content (AvgIpc) is 3.30. The van der Waals surface area contributed by atoms with E-state index in [9.17, 15) is 45.6 Å². The molecule has 2 rings (SSSR count). The molecule has 12 unspecified atom stereocenters. The number of carbonyl (C=O) groups excluding carboxylic acids is 1. The Morgan fingerprint density at radius 1 is 0.569 bits per heavy atom. The Kier molecular flexibility index (Phi) is 34.1. The molecule has 2 fully saturated rings. The summed E-state index contributed by atoms with van der Waals surface area (Å²) in [5.41, 5.74) is 0. The van der Waals surface area contributed by atoms with Crippen molar-refractivity contribution >= 4 is 5.91 Å². The van der Waals surface area contributed by atoms with E-state index in [4.69, 9.17) is 18.9 Å². The minimum absolute atomic E-state index is 0.231. The third-order valence-electron chi connectivity index (χ3n) is 12.0. The summed E-state index contributed by atoms with van der Waals surface area (Å²) < 4.78 is 22.7. The summed E-state index contributed by atoms with van der Waals surface area (Å²) in [5.74, 6) is -0.231. The second-order valence-electron chi connectivity index (χ2n) is 17.6. The summed E-state index contributed by atoms with van der Waals surface area (Å²) in [7, 11) is 0. The number of amides is 1. The highest BCUT2D eigenvalue weighted by atomic mass is 16.7. The van der Waals surface area contributed by atoms with Gasteiger partial charge >= 0.3 is 0 Å². The molecule has 2 heterocycles. The molecule has 2 aliphatic heterocycles. The molecule has 14 heteroatoms. The number of rotatable bonds is 37. The molecule has 12 atom stereocenters. The van der Waals surface area contributed by atoms with E-state index in [1.807, 2.05) is 0 Å². The molecule has 0 aromatic carbocycles.